The van der Waals surface area contributed by atoms with Crippen LogP contribution in [0.25, 0.3) is 0 Å². The van der Waals surface area contributed by atoms with Gasteiger partial charge >= 0.3 is 17.9 Å². The Morgan fingerprint density at radius 1 is 0.473 bits per heavy atom. The van der Waals surface area contributed by atoms with E-state index in [2.05, 4.69) is 91.8 Å². The lowest BCUT2D eigenvalue weighted by molar-refractivity contribution is -0.0692. The van der Waals surface area contributed by atoms with Crippen LogP contribution in [0, 0.1) is 11.5 Å². The SMILES string of the molecule is CCOC(=O)c1ccc(C23CC4(c5ccc(C#C[Si](C)(C)C)cc5)CC(c5ccc(C(=O)OCC)cc5)(C2)CC(c2ccc(C(=O)OCC)cc2)(C4)C3)cc1. The highest BCUT2D eigenvalue weighted by molar-refractivity contribution is 6.83. The molecule has 0 unspecified atom stereocenters. The van der Waals surface area contributed by atoms with E-state index in [1.807, 2.05) is 57.2 Å². The summed E-state index contributed by atoms with van der Waals surface area (Å²) in [6.07, 6.45) is 5.68. The van der Waals surface area contributed by atoms with Crippen LogP contribution < -0.4 is 0 Å². The van der Waals surface area contributed by atoms with Crippen LogP contribution in [0.5, 0.6) is 0 Å². The maximum absolute atomic E-state index is 12.8. The van der Waals surface area contributed by atoms with Gasteiger partial charge in [-0.3, -0.25) is 0 Å². The van der Waals surface area contributed by atoms with E-state index in [1.54, 1.807) is 0 Å². The third-order valence-corrected chi connectivity index (χ3v) is 13.0. The molecule has 4 aliphatic rings. The number of hydrogen-bond donors (Lipinski definition) is 0. The second-order valence-electron chi connectivity index (χ2n) is 17.2. The Balaban J connectivity index is 1.42. The molecule has 0 aromatic heterocycles. The summed E-state index contributed by atoms with van der Waals surface area (Å²) >= 11 is 0. The molecule has 7 heteroatoms. The second kappa shape index (κ2) is 14.6. The fourth-order valence-electron chi connectivity index (χ4n) is 10.6. The van der Waals surface area contributed by atoms with E-state index in [1.165, 1.54) is 22.3 Å². The maximum atomic E-state index is 12.8. The van der Waals surface area contributed by atoms with Crippen molar-refractivity contribution >= 4 is 26.0 Å². The molecular formula is C48H52O6Si. The summed E-state index contributed by atoms with van der Waals surface area (Å²) in [5.74, 6) is 2.51. The van der Waals surface area contributed by atoms with Crippen molar-refractivity contribution in [2.45, 2.75) is 101 Å². The van der Waals surface area contributed by atoms with Crippen molar-refractivity contribution in [3.8, 4) is 11.5 Å². The molecule has 8 rings (SSSR count). The van der Waals surface area contributed by atoms with Crippen LogP contribution in [-0.4, -0.2) is 45.8 Å². The Hall–Kier alpha value is -4.93. The molecule has 0 atom stereocenters. The minimum Gasteiger partial charge on any atom is -0.462 e. The zero-order valence-electron chi connectivity index (χ0n) is 33.1. The Morgan fingerprint density at radius 2 is 0.727 bits per heavy atom. The van der Waals surface area contributed by atoms with Gasteiger partial charge in [-0.05, 0) is 152 Å². The molecule has 4 saturated carbocycles. The predicted molar refractivity (Wildman–Crippen MR) is 218 cm³/mol. The van der Waals surface area contributed by atoms with Gasteiger partial charge in [0.15, 0.2) is 0 Å². The highest BCUT2D eigenvalue weighted by Crippen LogP contribution is 2.74. The van der Waals surface area contributed by atoms with Gasteiger partial charge < -0.3 is 14.2 Å². The number of benzene rings is 4. The van der Waals surface area contributed by atoms with Crippen LogP contribution in [-0.2, 0) is 35.9 Å². The third kappa shape index (κ3) is 7.29. The van der Waals surface area contributed by atoms with E-state index < -0.39 is 8.07 Å². The molecule has 4 aromatic carbocycles. The Bertz CT molecular complexity index is 1940. The van der Waals surface area contributed by atoms with E-state index >= 15 is 0 Å². The van der Waals surface area contributed by atoms with Crippen LogP contribution in [0.3, 0.4) is 0 Å². The maximum Gasteiger partial charge on any atom is 0.338 e. The van der Waals surface area contributed by atoms with Crippen LogP contribution in [0.4, 0.5) is 0 Å². The number of hydrogen-bond acceptors (Lipinski definition) is 6. The van der Waals surface area contributed by atoms with Gasteiger partial charge in [0.1, 0.15) is 8.07 Å². The first-order chi connectivity index (χ1) is 26.3. The Morgan fingerprint density at radius 3 is 0.964 bits per heavy atom. The first kappa shape index (κ1) is 38.3. The lowest BCUT2D eigenvalue weighted by Crippen LogP contribution is -2.67. The summed E-state index contributed by atoms with van der Waals surface area (Å²) in [7, 11) is -1.55. The van der Waals surface area contributed by atoms with Gasteiger partial charge in [-0.2, -0.15) is 0 Å². The van der Waals surface area contributed by atoms with Gasteiger partial charge in [-0.1, -0.05) is 74.1 Å². The highest BCUT2D eigenvalue weighted by atomic mass is 28.3. The molecule has 6 nitrogen and oxygen atoms in total. The molecule has 284 valence electrons. The van der Waals surface area contributed by atoms with Crippen molar-refractivity contribution in [1.82, 2.24) is 0 Å². The number of carbonyl (C=O) groups is 3. The minimum atomic E-state index is -1.55. The van der Waals surface area contributed by atoms with Crippen LogP contribution >= 0.6 is 0 Å². The largest absolute Gasteiger partial charge is 0.462 e. The van der Waals surface area contributed by atoms with Gasteiger partial charge in [-0.25, -0.2) is 14.4 Å². The molecule has 55 heavy (non-hydrogen) atoms. The first-order valence-electron chi connectivity index (χ1n) is 19.7. The molecule has 4 aliphatic carbocycles. The van der Waals surface area contributed by atoms with E-state index in [0.29, 0.717) is 36.5 Å². The van der Waals surface area contributed by atoms with Gasteiger partial charge in [0, 0.05) is 5.56 Å². The van der Waals surface area contributed by atoms with E-state index in [9.17, 15) is 14.4 Å². The average Bonchev–Trinajstić information content (AvgIpc) is 3.17. The number of rotatable bonds is 10. The van der Waals surface area contributed by atoms with Crippen molar-refractivity contribution < 1.29 is 28.6 Å². The summed E-state index contributed by atoms with van der Waals surface area (Å²) in [5, 5.41) is 0. The fraction of sp³-hybridized carbons (Fsp3) is 0.396. The van der Waals surface area contributed by atoms with Crippen molar-refractivity contribution in [3.63, 3.8) is 0 Å². The van der Waals surface area contributed by atoms with Crippen molar-refractivity contribution in [2.75, 3.05) is 19.8 Å². The first-order valence-corrected chi connectivity index (χ1v) is 23.2. The number of ether oxygens (including phenoxy) is 3. The van der Waals surface area contributed by atoms with Crippen molar-refractivity contribution in [3.05, 3.63) is 142 Å². The minimum absolute atomic E-state index is 0.196. The number of carbonyl (C=O) groups excluding carboxylic acids is 3. The van der Waals surface area contributed by atoms with Crippen LogP contribution in [0.15, 0.2) is 97.1 Å². The second-order valence-corrected chi connectivity index (χ2v) is 21.9. The van der Waals surface area contributed by atoms with E-state index in [4.69, 9.17) is 14.2 Å². The monoisotopic (exact) mass is 752 g/mol. The quantitative estimate of drug-likeness (QED) is 0.0695. The zero-order chi connectivity index (χ0) is 39.1. The summed E-state index contributed by atoms with van der Waals surface area (Å²) < 4.78 is 16.1. The third-order valence-electron chi connectivity index (χ3n) is 12.2. The summed E-state index contributed by atoms with van der Waals surface area (Å²) in [4.78, 5) is 38.3. The normalized spacial score (nSPS) is 25.1. The lowest BCUT2D eigenvalue weighted by atomic mass is 9.32. The molecule has 0 heterocycles. The van der Waals surface area contributed by atoms with Gasteiger partial charge in [0.05, 0.1) is 36.5 Å². The van der Waals surface area contributed by atoms with Gasteiger partial charge in [0.2, 0.25) is 0 Å². The number of esters is 3. The smallest absolute Gasteiger partial charge is 0.338 e. The Labute approximate surface area is 327 Å². The van der Waals surface area contributed by atoms with Crippen molar-refractivity contribution in [2.24, 2.45) is 0 Å². The molecule has 4 fully saturated rings. The van der Waals surface area contributed by atoms with Crippen LogP contribution in [0.1, 0.15) is 118 Å². The van der Waals surface area contributed by atoms with Gasteiger partial charge in [-0.15, -0.1) is 5.54 Å². The van der Waals surface area contributed by atoms with E-state index in [0.717, 1.165) is 44.1 Å². The van der Waals surface area contributed by atoms with Crippen LogP contribution in [0.2, 0.25) is 19.6 Å². The predicted octanol–water partition coefficient (Wildman–Crippen LogP) is 9.88. The molecule has 4 aromatic rings. The topological polar surface area (TPSA) is 78.9 Å². The van der Waals surface area contributed by atoms with Crippen molar-refractivity contribution in [1.29, 1.82) is 0 Å². The van der Waals surface area contributed by atoms with Gasteiger partial charge in [0.25, 0.3) is 0 Å². The standard InChI is InChI=1S/C48H52O6Si/c1-7-52-42(49)35-12-20-39(21-13-35)46-28-45(38-18-10-34(11-19-38)26-27-55(4,5)6)29-47(31-46,40-22-14-36(15-23-40)43(50)53-8-2)33-48(30-45,32-46)41-24-16-37(17-25-41)44(51)54-9-3/h10-25H,7-9,28-33H2,1-6H3. The van der Waals surface area contributed by atoms with E-state index in [-0.39, 0.29) is 39.6 Å². The summed E-state index contributed by atoms with van der Waals surface area (Å²) in [6.45, 7) is 13.2. The lowest BCUT2D eigenvalue weighted by Gasteiger charge is -2.71. The zero-order valence-corrected chi connectivity index (χ0v) is 34.1. The molecule has 0 spiro atoms. The molecule has 0 radical (unpaired) electrons. The molecule has 0 saturated heterocycles. The molecule has 0 aliphatic heterocycles. The molecular weight excluding hydrogens is 701 g/mol. The fourth-order valence-corrected chi connectivity index (χ4v) is 11.1. The average molecular weight is 753 g/mol. The molecule has 0 N–H and O–H groups in total. The molecule has 0 amide bonds. The summed E-state index contributed by atoms with van der Waals surface area (Å²) in [6, 6.07) is 33.5. The summed E-state index contributed by atoms with van der Waals surface area (Å²) in [5.41, 5.74) is 10.3. The Kier molecular flexibility index (Phi) is 10.2. The highest BCUT2D eigenvalue weighted by Gasteiger charge is 2.69. The molecule has 4 bridgehead atoms.